The van der Waals surface area contributed by atoms with Gasteiger partial charge in [0.25, 0.3) is 0 Å². The first-order valence-corrected chi connectivity index (χ1v) is 9.93. The lowest BCUT2D eigenvalue weighted by Crippen LogP contribution is -2.37. The fourth-order valence-electron chi connectivity index (χ4n) is 2.49. The number of rotatable bonds is 7. The zero-order chi connectivity index (χ0) is 17.6. The highest BCUT2D eigenvalue weighted by Gasteiger charge is 2.32. The molecule has 0 spiro atoms. The second kappa shape index (κ2) is 8.86. The topological polar surface area (TPSA) is 73.9 Å². The normalized spacial score (nSPS) is 19.3. The van der Waals surface area contributed by atoms with Crippen molar-refractivity contribution in [1.82, 2.24) is 5.09 Å². The van der Waals surface area contributed by atoms with Crippen molar-refractivity contribution in [2.45, 2.75) is 51.2 Å². The fraction of sp³-hybridized carbons (Fsp3) is 0.562. The largest absolute Gasteiger partial charge is 0.461 e. The highest BCUT2D eigenvalue weighted by Crippen LogP contribution is 2.44. The highest BCUT2D eigenvalue weighted by molar-refractivity contribution is 7.52. The van der Waals surface area contributed by atoms with Gasteiger partial charge in [0, 0.05) is 12.1 Å². The van der Waals surface area contributed by atoms with Crippen LogP contribution in [0, 0.1) is 0 Å². The van der Waals surface area contributed by atoms with Gasteiger partial charge in [-0.1, -0.05) is 18.0 Å². The predicted octanol–water partition coefficient (Wildman–Crippen LogP) is 4.33. The number of carbonyl (C=O) groups is 1. The van der Waals surface area contributed by atoms with E-state index in [4.69, 9.17) is 25.4 Å². The molecule has 0 radical (unpaired) electrons. The Morgan fingerprint density at radius 1 is 1.25 bits per heavy atom. The molecule has 1 saturated carbocycles. The van der Waals surface area contributed by atoms with Crippen molar-refractivity contribution < 1.29 is 23.1 Å². The lowest BCUT2D eigenvalue weighted by molar-refractivity contribution is -0.152. The van der Waals surface area contributed by atoms with E-state index in [0.29, 0.717) is 10.8 Å². The van der Waals surface area contributed by atoms with E-state index in [-0.39, 0.29) is 6.10 Å². The van der Waals surface area contributed by atoms with Gasteiger partial charge in [-0.3, -0.25) is 9.32 Å². The lowest BCUT2D eigenvalue weighted by atomic mass is 9.98. The smallest absolute Gasteiger partial charge is 0.459 e. The van der Waals surface area contributed by atoms with Crippen LogP contribution in [-0.4, -0.2) is 25.2 Å². The van der Waals surface area contributed by atoms with E-state index in [2.05, 4.69) is 5.09 Å². The Bertz CT molecular complexity index is 589. The van der Waals surface area contributed by atoms with E-state index >= 15 is 0 Å². The SMILES string of the molecule is CO[P@](=O)(N[C@@H](C)C(=O)OC1CCCCC1)Oc1ccc(Cl)cc1. The Labute approximate surface area is 147 Å². The van der Waals surface area contributed by atoms with E-state index in [1.807, 2.05) is 0 Å². The molecule has 0 aliphatic heterocycles. The van der Waals surface area contributed by atoms with Crippen LogP contribution in [0.25, 0.3) is 0 Å². The van der Waals surface area contributed by atoms with Crippen LogP contribution in [0.3, 0.4) is 0 Å². The first-order valence-electron chi connectivity index (χ1n) is 8.01. The zero-order valence-electron chi connectivity index (χ0n) is 13.9. The molecule has 2 rings (SSSR count). The van der Waals surface area contributed by atoms with Gasteiger partial charge in [0.1, 0.15) is 17.9 Å². The molecule has 0 bridgehead atoms. The Balaban J connectivity index is 1.92. The molecule has 24 heavy (non-hydrogen) atoms. The summed E-state index contributed by atoms with van der Waals surface area (Å²) in [6, 6.07) is 5.54. The fourth-order valence-corrected chi connectivity index (χ4v) is 3.83. The molecule has 0 heterocycles. The van der Waals surface area contributed by atoms with Crippen LogP contribution < -0.4 is 9.61 Å². The minimum atomic E-state index is -3.69. The molecule has 0 amide bonds. The van der Waals surface area contributed by atoms with Gasteiger partial charge in [-0.15, -0.1) is 0 Å². The molecule has 6 nitrogen and oxygen atoms in total. The summed E-state index contributed by atoms with van der Waals surface area (Å²) in [4.78, 5) is 12.2. The van der Waals surface area contributed by atoms with Gasteiger partial charge < -0.3 is 9.26 Å². The van der Waals surface area contributed by atoms with Crippen molar-refractivity contribution in [2.75, 3.05) is 7.11 Å². The molecule has 1 fully saturated rings. The molecule has 134 valence electrons. The molecule has 1 aromatic carbocycles. The van der Waals surface area contributed by atoms with E-state index in [1.54, 1.807) is 31.2 Å². The zero-order valence-corrected chi connectivity index (χ0v) is 15.5. The minimum Gasteiger partial charge on any atom is -0.461 e. The highest BCUT2D eigenvalue weighted by atomic mass is 35.5. The summed E-state index contributed by atoms with van der Waals surface area (Å²) in [5, 5.41) is 3.13. The molecule has 1 aromatic rings. The number of halogens is 1. The summed E-state index contributed by atoms with van der Waals surface area (Å²) in [7, 11) is -2.44. The predicted molar refractivity (Wildman–Crippen MR) is 92.3 cm³/mol. The quantitative estimate of drug-likeness (QED) is 0.565. The molecule has 8 heteroatoms. The van der Waals surface area contributed by atoms with Crippen molar-refractivity contribution in [1.29, 1.82) is 0 Å². The third-order valence-corrected chi connectivity index (χ3v) is 5.71. The molecule has 0 saturated heterocycles. The van der Waals surface area contributed by atoms with E-state index in [9.17, 15) is 9.36 Å². The van der Waals surface area contributed by atoms with Crippen LogP contribution in [-0.2, 0) is 18.6 Å². The first-order chi connectivity index (χ1) is 11.4. The standard InChI is InChI=1S/C16H23ClNO5P/c1-12(16(19)22-14-6-4-3-5-7-14)18-24(20,21-2)23-15-10-8-13(17)9-11-15/h8-12,14H,3-7H2,1-2H3,(H,18,20)/t12-,24+/m0/s1. The second-order valence-corrected chi connectivity index (χ2v) is 8.01. The summed E-state index contributed by atoms with van der Waals surface area (Å²) < 4.78 is 28.4. The number of esters is 1. The van der Waals surface area contributed by atoms with Crippen LogP contribution in [0.4, 0.5) is 0 Å². The molecule has 2 atom stereocenters. The van der Waals surface area contributed by atoms with Gasteiger partial charge >= 0.3 is 13.7 Å². The third kappa shape index (κ3) is 5.78. The van der Waals surface area contributed by atoms with Crippen LogP contribution in [0.2, 0.25) is 5.02 Å². The van der Waals surface area contributed by atoms with Crippen LogP contribution in [0.1, 0.15) is 39.0 Å². The minimum absolute atomic E-state index is 0.0605. The summed E-state index contributed by atoms with van der Waals surface area (Å²) >= 11 is 5.80. The Hall–Kier alpha value is -1.07. The second-order valence-electron chi connectivity index (χ2n) is 5.77. The van der Waals surface area contributed by atoms with Crippen molar-refractivity contribution in [3.05, 3.63) is 29.3 Å². The summed E-state index contributed by atoms with van der Waals surface area (Å²) in [5.41, 5.74) is 0. The number of ether oxygens (including phenoxy) is 1. The number of hydrogen-bond acceptors (Lipinski definition) is 5. The maximum atomic E-state index is 12.6. The molecule has 1 aliphatic carbocycles. The molecular formula is C16H23ClNO5P. The Morgan fingerprint density at radius 2 is 1.88 bits per heavy atom. The van der Waals surface area contributed by atoms with Crippen LogP contribution >= 0.6 is 19.3 Å². The van der Waals surface area contributed by atoms with Crippen molar-refractivity contribution in [3.8, 4) is 5.75 Å². The van der Waals surface area contributed by atoms with Gasteiger partial charge in [-0.25, -0.2) is 4.57 Å². The van der Waals surface area contributed by atoms with Gasteiger partial charge in [0.15, 0.2) is 0 Å². The van der Waals surface area contributed by atoms with Crippen molar-refractivity contribution in [3.63, 3.8) is 0 Å². The summed E-state index contributed by atoms with van der Waals surface area (Å²) in [5.74, 6) is -0.135. The van der Waals surface area contributed by atoms with E-state index in [0.717, 1.165) is 25.7 Å². The molecule has 0 aromatic heterocycles. The summed E-state index contributed by atoms with van der Waals surface area (Å²) in [6.07, 6.45) is 5.00. The number of hydrogen-bond donors (Lipinski definition) is 1. The van der Waals surface area contributed by atoms with Crippen molar-refractivity contribution >= 4 is 25.3 Å². The number of benzene rings is 1. The van der Waals surface area contributed by atoms with Crippen LogP contribution in [0.15, 0.2) is 24.3 Å². The summed E-state index contributed by atoms with van der Waals surface area (Å²) in [6.45, 7) is 1.57. The van der Waals surface area contributed by atoms with E-state index < -0.39 is 19.8 Å². The van der Waals surface area contributed by atoms with Gasteiger partial charge in [0.2, 0.25) is 0 Å². The number of nitrogens with one attached hydrogen (secondary N) is 1. The number of carbonyl (C=O) groups excluding carboxylic acids is 1. The van der Waals surface area contributed by atoms with Gasteiger partial charge in [0.05, 0.1) is 0 Å². The van der Waals surface area contributed by atoms with Gasteiger partial charge in [-0.2, -0.15) is 5.09 Å². The van der Waals surface area contributed by atoms with E-state index in [1.165, 1.54) is 13.5 Å². The monoisotopic (exact) mass is 375 g/mol. The third-order valence-electron chi connectivity index (χ3n) is 3.82. The molecule has 0 unspecified atom stereocenters. The molecule has 1 N–H and O–H groups in total. The lowest BCUT2D eigenvalue weighted by Gasteiger charge is -2.25. The Kier molecular flexibility index (Phi) is 7.11. The Morgan fingerprint density at radius 3 is 2.46 bits per heavy atom. The first kappa shape index (κ1) is 19.3. The average molecular weight is 376 g/mol. The van der Waals surface area contributed by atoms with Crippen molar-refractivity contribution in [2.24, 2.45) is 0 Å². The maximum Gasteiger partial charge on any atom is 0.459 e. The average Bonchev–Trinajstić information content (AvgIpc) is 2.58. The molecule has 1 aliphatic rings. The maximum absolute atomic E-state index is 12.6. The molecular weight excluding hydrogens is 353 g/mol. The van der Waals surface area contributed by atoms with Gasteiger partial charge in [-0.05, 0) is 56.9 Å². The van der Waals surface area contributed by atoms with Crippen LogP contribution in [0.5, 0.6) is 5.75 Å².